The van der Waals surface area contributed by atoms with E-state index in [1.54, 1.807) is 25.2 Å². The highest BCUT2D eigenvalue weighted by Crippen LogP contribution is 2.16. The Balaban J connectivity index is 0.000000292. The molecule has 1 rings (SSSR count). The van der Waals surface area contributed by atoms with Crippen molar-refractivity contribution in [2.45, 2.75) is 20.0 Å². The van der Waals surface area contributed by atoms with E-state index in [-0.39, 0.29) is 12.7 Å². The van der Waals surface area contributed by atoms with Crippen molar-refractivity contribution in [3.05, 3.63) is 22.4 Å². The number of hydrogen-bond donors (Lipinski definition) is 2. The highest BCUT2D eigenvalue weighted by Gasteiger charge is 1.97. The van der Waals surface area contributed by atoms with Gasteiger partial charge in [-0.15, -0.1) is 11.3 Å². The number of hydrogen-bond acceptors (Lipinski definition) is 3. The summed E-state index contributed by atoms with van der Waals surface area (Å²) in [4.78, 5) is 1.03. The summed E-state index contributed by atoms with van der Waals surface area (Å²) in [6.45, 7) is 3.70. The minimum absolute atomic E-state index is 0.250. The zero-order valence-corrected chi connectivity index (χ0v) is 7.64. The molecule has 0 amide bonds. The average molecular weight is 174 g/mol. The van der Waals surface area contributed by atoms with E-state index in [2.05, 4.69) is 0 Å². The third-order valence-corrected chi connectivity index (χ3v) is 2.00. The van der Waals surface area contributed by atoms with E-state index in [4.69, 9.17) is 10.2 Å². The fourth-order valence-electron chi connectivity index (χ4n) is 0.529. The van der Waals surface area contributed by atoms with Crippen LogP contribution in [0, 0.1) is 0 Å². The molecule has 0 bridgehead atoms. The fourth-order valence-corrected chi connectivity index (χ4v) is 1.20. The van der Waals surface area contributed by atoms with Crippen molar-refractivity contribution in [3.8, 4) is 0 Å². The molecule has 0 aromatic carbocycles. The van der Waals surface area contributed by atoms with Gasteiger partial charge >= 0.3 is 0 Å². The van der Waals surface area contributed by atoms with Crippen molar-refractivity contribution < 1.29 is 10.2 Å². The minimum atomic E-state index is -0.296. The van der Waals surface area contributed by atoms with Crippen LogP contribution < -0.4 is 0 Å². The van der Waals surface area contributed by atoms with Gasteiger partial charge in [-0.2, -0.15) is 0 Å². The molecule has 0 fully saturated rings. The van der Waals surface area contributed by atoms with Gasteiger partial charge in [0.05, 0.1) is 6.10 Å². The largest absolute Gasteiger partial charge is 0.397 e. The highest BCUT2D eigenvalue weighted by molar-refractivity contribution is 7.10. The first-order valence-corrected chi connectivity index (χ1v) is 4.42. The molecule has 0 aliphatic heterocycles. The lowest BCUT2D eigenvalue weighted by Gasteiger charge is -1.95. The molecule has 1 aromatic rings. The maximum atomic E-state index is 8.92. The van der Waals surface area contributed by atoms with E-state index < -0.39 is 0 Å². The Labute approximate surface area is 71.1 Å². The van der Waals surface area contributed by atoms with E-state index in [1.165, 1.54) is 0 Å². The van der Waals surface area contributed by atoms with E-state index in [9.17, 15) is 0 Å². The highest BCUT2D eigenvalue weighted by atomic mass is 32.1. The van der Waals surface area contributed by atoms with E-state index in [1.807, 2.05) is 17.5 Å². The maximum Gasteiger partial charge on any atom is 0.0853 e. The molecule has 0 aliphatic carbocycles. The third kappa shape index (κ3) is 4.95. The standard InChI is InChI=1S/C6H8OS.C2H6O/c1-5(7)6-3-2-4-8-6;1-2-3/h2-5,7H,1H3;3H,2H2,1H3. The third-order valence-electron chi connectivity index (χ3n) is 0.955. The van der Waals surface area contributed by atoms with Crippen molar-refractivity contribution in [3.63, 3.8) is 0 Å². The smallest absolute Gasteiger partial charge is 0.0853 e. The summed E-state index contributed by atoms with van der Waals surface area (Å²) in [5.74, 6) is 0. The summed E-state index contributed by atoms with van der Waals surface area (Å²) in [7, 11) is 0. The summed E-state index contributed by atoms with van der Waals surface area (Å²) >= 11 is 1.58. The topological polar surface area (TPSA) is 40.5 Å². The summed E-state index contributed by atoms with van der Waals surface area (Å²) in [5, 5.41) is 18.5. The molecule has 1 aromatic heterocycles. The molecule has 3 heteroatoms. The normalized spacial score (nSPS) is 11.6. The molecule has 64 valence electrons. The van der Waals surface area contributed by atoms with Crippen LogP contribution in [0.2, 0.25) is 0 Å². The first kappa shape index (κ1) is 10.6. The van der Waals surface area contributed by atoms with E-state index >= 15 is 0 Å². The zero-order chi connectivity index (χ0) is 8.69. The molecule has 1 heterocycles. The molecule has 0 saturated carbocycles. The van der Waals surface area contributed by atoms with Gasteiger partial charge in [-0.25, -0.2) is 0 Å². The van der Waals surface area contributed by atoms with E-state index in [0.717, 1.165) is 4.88 Å². The molecule has 0 radical (unpaired) electrons. The Morgan fingerprint density at radius 1 is 1.64 bits per heavy atom. The molecule has 2 nitrogen and oxygen atoms in total. The molecule has 2 N–H and O–H groups in total. The van der Waals surface area contributed by atoms with Crippen molar-refractivity contribution in [1.82, 2.24) is 0 Å². The number of aliphatic hydroxyl groups excluding tert-OH is 2. The predicted molar refractivity (Wildman–Crippen MR) is 47.7 cm³/mol. The van der Waals surface area contributed by atoms with Gasteiger partial charge < -0.3 is 10.2 Å². The monoisotopic (exact) mass is 174 g/mol. The van der Waals surface area contributed by atoms with Gasteiger partial charge in [0.2, 0.25) is 0 Å². The Bertz CT molecular complexity index is 159. The summed E-state index contributed by atoms with van der Waals surface area (Å²) in [6, 6.07) is 3.86. The van der Waals surface area contributed by atoms with Gasteiger partial charge in [-0.05, 0) is 25.3 Å². The Hall–Kier alpha value is -0.380. The molecular formula is C8H14O2S. The Kier molecular flexibility index (Phi) is 6.12. The van der Waals surface area contributed by atoms with Crippen LogP contribution in [0.1, 0.15) is 24.8 Å². The summed E-state index contributed by atoms with van der Waals surface area (Å²) in [5.41, 5.74) is 0. The summed E-state index contributed by atoms with van der Waals surface area (Å²) in [6.07, 6.45) is -0.296. The van der Waals surface area contributed by atoms with Crippen LogP contribution in [0.15, 0.2) is 17.5 Å². The van der Waals surface area contributed by atoms with Gasteiger partial charge in [-0.1, -0.05) is 6.07 Å². The second-order valence-corrected chi connectivity index (χ2v) is 2.99. The average Bonchev–Trinajstić information content (AvgIpc) is 2.38. The van der Waals surface area contributed by atoms with Crippen LogP contribution in [0.5, 0.6) is 0 Å². The Morgan fingerprint density at radius 2 is 2.18 bits per heavy atom. The van der Waals surface area contributed by atoms with Crippen LogP contribution in [0.4, 0.5) is 0 Å². The van der Waals surface area contributed by atoms with Crippen molar-refractivity contribution in [2.24, 2.45) is 0 Å². The lowest BCUT2D eigenvalue weighted by atomic mass is 10.3. The van der Waals surface area contributed by atoms with Crippen LogP contribution in [0.3, 0.4) is 0 Å². The lowest BCUT2D eigenvalue weighted by Crippen LogP contribution is -1.82. The summed E-state index contributed by atoms with van der Waals surface area (Å²) < 4.78 is 0. The molecule has 1 unspecified atom stereocenters. The first-order valence-electron chi connectivity index (χ1n) is 3.54. The Morgan fingerprint density at radius 3 is 2.36 bits per heavy atom. The van der Waals surface area contributed by atoms with Gasteiger partial charge in [0.25, 0.3) is 0 Å². The molecule has 0 aliphatic rings. The molecular weight excluding hydrogens is 160 g/mol. The maximum absolute atomic E-state index is 8.92. The van der Waals surface area contributed by atoms with Gasteiger partial charge in [0.15, 0.2) is 0 Å². The molecule has 0 saturated heterocycles. The van der Waals surface area contributed by atoms with Crippen molar-refractivity contribution in [1.29, 1.82) is 0 Å². The van der Waals surface area contributed by atoms with Crippen molar-refractivity contribution in [2.75, 3.05) is 6.61 Å². The second kappa shape index (κ2) is 6.34. The van der Waals surface area contributed by atoms with Gasteiger partial charge in [-0.3, -0.25) is 0 Å². The minimum Gasteiger partial charge on any atom is -0.397 e. The molecule has 11 heavy (non-hydrogen) atoms. The van der Waals surface area contributed by atoms with Gasteiger partial charge in [0.1, 0.15) is 0 Å². The van der Waals surface area contributed by atoms with Crippen LogP contribution in [-0.4, -0.2) is 16.8 Å². The van der Waals surface area contributed by atoms with Crippen molar-refractivity contribution >= 4 is 11.3 Å². The second-order valence-electron chi connectivity index (χ2n) is 2.01. The molecule has 0 spiro atoms. The fraction of sp³-hybridized carbons (Fsp3) is 0.500. The number of aliphatic hydroxyl groups is 2. The van der Waals surface area contributed by atoms with E-state index in [0.29, 0.717) is 0 Å². The number of rotatable bonds is 1. The van der Waals surface area contributed by atoms with Crippen LogP contribution in [-0.2, 0) is 0 Å². The molecule has 1 atom stereocenters. The quantitative estimate of drug-likeness (QED) is 0.681. The SMILES string of the molecule is CC(O)c1cccs1.CCO. The van der Waals surface area contributed by atoms with Crippen LogP contribution >= 0.6 is 11.3 Å². The lowest BCUT2D eigenvalue weighted by molar-refractivity contribution is 0.203. The zero-order valence-electron chi connectivity index (χ0n) is 6.82. The van der Waals surface area contributed by atoms with Crippen LogP contribution in [0.25, 0.3) is 0 Å². The number of thiophene rings is 1. The predicted octanol–water partition coefficient (Wildman–Crippen LogP) is 1.80. The van der Waals surface area contributed by atoms with Gasteiger partial charge in [0, 0.05) is 11.5 Å². The first-order chi connectivity index (χ1) is 5.22.